The van der Waals surface area contributed by atoms with Crippen LogP contribution in [-0.2, 0) is 20.8 Å². The molecule has 1 N–H and O–H groups in total. The molecule has 9 heteroatoms. The summed E-state index contributed by atoms with van der Waals surface area (Å²) in [5.41, 5.74) is 0.899. The van der Waals surface area contributed by atoms with Crippen molar-refractivity contribution < 1.29 is 29.0 Å². The Morgan fingerprint density at radius 3 is 2.77 bits per heavy atom. The number of hydrogen-bond acceptors (Lipinski definition) is 7. The zero-order valence-corrected chi connectivity index (χ0v) is 26.0. The predicted octanol–water partition coefficient (Wildman–Crippen LogP) is 6.47. The molecule has 1 saturated carbocycles. The lowest BCUT2D eigenvalue weighted by Gasteiger charge is -2.29. The van der Waals surface area contributed by atoms with Crippen LogP contribution < -0.4 is 9.47 Å². The largest absolute Gasteiger partial charge is 0.497 e. The van der Waals surface area contributed by atoms with E-state index in [1.807, 2.05) is 42.5 Å². The third-order valence-corrected chi connectivity index (χ3v) is 10.5. The molecule has 2 aromatic carbocycles. The second-order valence-electron chi connectivity index (χ2n) is 12.5. The van der Waals surface area contributed by atoms with Crippen molar-refractivity contribution >= 4 is 39.2 Å². The summed E-state index contributed by atoms with van der Waals surface area (Å²) < 4.78 is 12.6. The fourth-order valence-electron chi connectivity index (χ4n) is 6.88. The number of hydrogen-bond donors (Lipinski definition) is 1. The van der Waals surface area contributed by atoms with Crippen LogP contribution in [0.2, 0.25) is 0 Å². The molecule has 44 heavy (non-hydrogen) atoms. The molecule has 3 aromatic rings. The normalized spacial score (nSPS) is 28.4. The number of aryl methyl sites for hydroxylation is 1. The lowest BCUT2D eigenvalue weighted by atomic mass is 9.90. The van der Waals surface area contributed by atoms with Crippen molar-refractivity contribution in [3.8, 4) is 10.9 Å². The lowest BCUT2D eigenvalue weighted by molar-refractivity contribution is -0.147. The van der Waals surface area contributed by atoms with Crippen LogP contribution in [0, 0.1) is 17.3 Å². The molecule has 2 aliphatic heterocycles. The van der Waals surface area contributed by atoms with Crippen molar-refractivity contribution in [2.24, 2.45) is 17.3 Å². The minimum atomic E-state index is -1.08. The van der Waals surface area contributed by atoms with E-state index in [1.165, 1.54) is 16.9 Å². The summed E-state index contributed by atoms with van der Waals surface area (Å²) >= 11 is 1.41. The molecular formula is C35H40N2O6S. The molecule has 5 atom stereocenters. The van der Waals surface area contributed by atoms with Gasteiger partial charge in [-0.15, -0.1) is 0 Å². The molecule has 0 bridgehead atoms. The van der Waals surface area contributed by atoms with E-state index >= 15 is 0 Å². The number of methoxy groups -OCH3 is 1. The Morgan fingerprint density at radius 2 is 1.98 bits per heavy atom. The number of rotatable bonds is 7. The Labute approximate surface area is 262 Å². The van der Waals surface area contributed by atoms with E-state index < -0.39 is 23.5 Å². The number of amides is 1. The van der Waals surface area contributed by atoms with Crippen LogP contribution in [-0.4, -0.2) is 58.5 Å². The first kappa shape index (κ1) is 30.3. The summed E-state index contributed by atoms with van der Waals surface area (Å²) in [6.45, 7) is 0.278. The summed E-state index contributed by atoms with van der Waals surface area (Å²) in [6, 6.07) is 15.1. The van der Waals surface area contributed by atoms with Crippen molar-refractivity contribution in [2.45, 2.75) is 76.4 Å². The maximum atomic E-state index is 14.3. The van der Waals surface area contributed by atoms with Crippen molar-refractivity contribution in [1.29, 1.82) is 0 Å². The fraction of sp³-hybridized carbons (Fsp3) is 0.486. The second-order valence-corrected chi connectivity index (χ2v) is 13.5. The highest BCUT2D eigenvalue weighted by Gasteiger charge is 2.61. The molecule has 6 rings (SSSR count). The van der Waals surface area contributed by atoms with Gasteiger partial charge in [-0.25, -0.2) is 4.98 Å². The van der Waals surface area contributed by atoms with E-state index in [9.17, 15) is 19.5 Å². The minimum absolute atomic E-state index is 0.0239. The first-order chi connectivity index (χ1) is 21.4. The average molecular weight is 617 g/mol. The number of benzene rings is 2. The van der Waals surface area contributed by atoms with Crippen LogP contribution >= 0.6 is 11.3 Å². The van der Waals surface area contributed by atoms with E-state index in [1.54, 1.807) is 12.0 Å². The number of carboxylic acids is 1. The summed E-state index contributed by atoms with van der Waals surface area (Å²) in [4.78, 5) is 47.0. The molecule has 0 unspecified atom stereocenters. The molecule has 0 radical (unpaired) electrons. The zero-order chi connectivity index (χ0) is 30.7. The van der Waals surface area contributed by atoms with Crippen molar-refractivity contribution in [2.75, 3.05) is 13.7 Å². The van der Waals surface area contributed by atoms with Crippen LogP contribution in [0.25, 0.3) is 10.2 Å². The van der Waals surface area contributed by atoms with Gasteiger partial charge in [0, 0.05) is 18.8 Å². The predicted molar refractivity (Wildman–Crippen MR) is 169 cm³/mol. The number of aliphatic carboxylic acids is 1. The second kappa shape index (κ2) is 13.1. The van der Waals surface area contributed by atoms with Gasteiger partial charge in [-0.05, 0) is 68.2 Å². The number of nitrogens with zero attached hydrogens (tertiary/aromatic N) is 2. The average Bonchev–Trinajstić information content (AvgIpc) is 3.34. The number of fused-ring (bicyclic) bond motifs is 3. The number of thiazole rings is 1. The smallest absolute Gasteiger partial charge is 0.310 e. The summed E-state index contributed by atoms with van der Waals surface area (Å²) in [5.74, 6) is -0.776. The third kappa shape index (κ3) is 6.53. The number of Topliss-reactive ketones (excluding diaryl/α,β-unsaturated/α-hetero) is 1. The van der Waals surface area contributed by atoms with Crippen molar-refractivity contribution in [3.05, 3.63) is 66.2 Å². The van der Waals surface area contributed by atoms with Crippen LogP contribution in [0.4, 0.5) is 0 Å². The Balaban J connectivity index is 1.26. The van der Waals surface area contributed by atoms with E-state index in [2.05, 4.69) is 23.2 Å². The third-order valence-electron chi connectivity index (χ3n) is 9.58. The number of carboxylic acid groups (broad SMARTS) is 1. The Morgan fingerprint density at radius 1 is 1.14 bits per heavy atom. The highest BCUT2D eigenvalue weighted by Crippen LogP contribution is 2.57. The molecule has 8 nitrogen and oxygen atoms in total. The van der Waals surface area contributed by atoms with E-state index in [-0.39, 0.29) is 36.5 Å². The van der Waals surface area contributed by atoms with E-state index in [4.69, 9.17) is 9.47 Å². The van der Waals surface area contributed by atoms with Crippen LogP contribution in [0.1, 0.15) is 63.4 Å². The van der Waals surface area contributed by atoms with E-state index in [0.29, 0.717) is 24.5 Å². The Kier molecular flexibility index (Phi) is 9.03. The highest BCUT2D eigenvalue weighted by atomic mass is 32.1. The standard InChI is InChI=1S/C35H40N2O6S/c1-42-26-16-17-28-31(19-26)44-34(36-28)43-27-18-29-30(38)21-35(33(40)41)20-25(35)13-9-4-2-3-8-12-24(32(39)37(29)22-27)15-14-23-10-6-5-7-11-23/h5-7,9-11,13,16-17,19,24-25,27,29H,2-4,8,12,14-15,18,20-22H2,1H3,(H,40,41)/b13-9-/t24-,25+,27-,29+,35-/m1/s1. The molecule has 1 amide bonds. The minimum Gasteiger partial charge on any atom is -0.497 e. The zero-order valence-electron chi connectivity index (χ0n) is 25.2. The fourth-order valence-corrected chi connectivity index (χ4v) is 7.79. The highest BCUT2D eigenvalue weighted by molar-refractivity contribution is 7.20. The lowest BCUT2D eigenvalue weighted by Crippen LogP contribution is -2.45. The molecule has 2 fully saturated rings. The molecule has 232 valence electrons. The Hall–Kier alpha value is -3.72. The maximum Gasteiger partial charge on any atom is 0.310 e. The monoisotopic (exact) mass is 616 g/mol. The van der Waals surface area contributed by atoms with Crippen molar-refractivity contribution in [1.82, 2.24) is 9.88 Å². The van der Waals surface area contributed by atoms with Gasteiger partial charge in [0.15, 0.2) is 5.78 Å². The molecule has 3 aliphatic rings. The SMILES string of the molecule is COc1ccc2nc(O[C@@H]3C[C@H]4C(=O)C[C@]5(C(=O)O)C[C@@H]5/C=C\CCCCC[C@H](CCc5ccccc5)C(=O)N4C3)sc2c1. The first-order valence-electron chi connectivity index (χ1n) is 15.7. The molecule has 0 spiro atoms. The molecule has 1 aliphatic carbocycles. The molecular weight excluding hydrogens is 576 g/mol. The quantitative estimate of drug-likeness (QED) is 0.303. The van der Waals surface area contributed by atoms with Crippen LogP contribution in [0.3, 0.4) is 0 Å². The topological polar surface area (TPSA) is 106 Å². The van der Waals surface area contributed by atoms with Gasteiger partial charge in [0.1, 0.15) is 11.9 Å². The van der Waals surface area contributed by atoms with Gasteiger partial charge in [-0.1, -0.05) is 66.7 Å². The van der Waals surface area contributed by atoms with Gasteiger partial charge >= 0.3 is 5.97 Å². The van der Waals surface area contributed by atoms with Gasteiger partial charge < -0.3 is 19.5 Å². The van der Waals surface area contributed by atoms with Crippen molar-refractivity contribution in [3.63, 3.8) is 0 Å². The summed E-state index contributed by atoms with van der Waals surface area (Å²) in [6.07, 6.45) is 10.4. The van der Waals surface area contributed by atoms with E-state index in [0.717, 1.165) is 54.5 Å². The molecule has 1 aromatic heterocycles. The number of carbonyl (C=O) groups excluding carboxylic acids is 2. The molecule has 3 heterocycles. The molecule has 1 saturated heterocycles. The number of aromatic nitrogens is 1. The summed E-state index contributed by atoms with van der Waals surface area (Å²) in [7, 11) is 1.62. The number of ketones is 1. The first-order valence-corrected chi connectivity index (χ1v) is 16.6. The van der Waals surface area contributed by atoms with Gasteiger partial charge in [-0.3, -0.25) is 14.4 Å². The van der Waals surface area contributed by atoms with Gasteiger partial charge in [0.25, 0.3) is 5.19 Å². The van der Waals surface area contributed by atoms with Gasteiger partial charge in [0.05, 0.1) is 35.3 Å². The number of allylic oxidation sites excluding steroid dienone is 2. The summed E-state index contributed by atoms with van der Waals surface area (Å²) in [5, 5.41) is 10.6. The van der Waals surface area contributed by atoms with Crippen LogP contribution in [0.15, 0.2) is 60.7 Å². The van der Waals surface area contributed by atoms with Gasteiger partial charge in [-0.2, -0.15) is 0 Å². The maximum absolute atomic E-state index is 14.3. The Bertz CT molecular complexity index is 1540. The number of carbonyl (C=O) groups is 3. The van der Waals surface area contributed by atoms with Crippen LogP contribution in [0.5, 0.6) is 10.9 Å². The number of ether oxygens (including phenoxy) is 2. The van der Waals surface area contributed by atoms with Gasteiger partial charge in [0.2, 0.25) is 5.91 Å².